The largest absolute Gasteiger partial charge is 0.392 e. The molecule has 0 aliphatic heterocycles. The molecule has 0 saturated heterocycles. The quantitative estimate of drug-likeness (QED) is 0.485. The molecule has 4 aliphatic rings. The number of hydrogen-bond donors (Lipinski definition) is 3. The monoisotopic (exact) mass is 196 g/mol. The van der Waals surface area contributed by atoms with Crippen molar-refractivity contribution in [1.82, 2.24) is 0 Å². The minimum atomic E-state index is -0.782. The van der Waals surface area contributed by atoms with E-state index in [1.54, 1.807) is 0 Å². The maximum atomic E-state index is 11.4. The molecule has 4 fully saturated rings. The summed E-state index contributed by atoms with van der Waals surface area (Å²) in [7, 11) is 0. The van der Waals surface area contributed by atoms with E-state index in [2.05, 4.69) is 0 Å². The van der Waals surface area contributed by atoms with Crippen molar-refractivity contribution in [3.05, 3.63) is 0 Å². The second kappa shape index (κ2) is 1.95. The molecule has 5 N–H and O–H groups in total. The fourth-order valence-corrected chi connectivity index (χ4v) is 4.15. The Morgan fingerprint density at radius 1 is 1.36 bits per heavy atom. The normalized spacial score (nSPS) is 57.4. The molecule has 14 heavy (non-hydrogen) atoms. The Morgan fingerprint density at radius 2 is 2.00 bits per heavy atom. The molecular formula is C9H12N2O3. The number of amides is 2. The Morgan fingerprint density at radius 3 is 2.29 bits per heavy atom. The van der Waals surface area contributed by atoms with Crippen LogP contribution < -0.4 is 11.5 Å². The molecule has 4 bridgehead atoms. The molecule has 4 rings (SSSR count). The Kier molecular flexibility index (Phi) is 1.15. The van der Waals surface area contributed by atoms with Gasteiger partial charge < -0.3 is 16.6 Å². The van der Waals surface area contributed by atoms with E-state index in [4.69, 9.17) is 11.5 Å². The van der Waals surface area contributed by atoms with Crippen LogP contribution in [0.25, 0.3) is 0 Å². The summed E-state index contributed by atoms with van der Waals surface area (Å²) in [6.07, 6.45) is 0.174. The average Bonchev–Trinajstić information content (AvgIpc) is 2.39. The van der Waals surface area contributed by atoms with Gasteiger partial charge in [0.25, 0.3) is 0 Å². The van der Waals surface area contributed by atoms with Crippen LogP contribution in [0.1, 0.15) is 6.42 Å². The summed E-state index contributed by atoms with van der Waals surface area (Å²) in [5.74, 6) is -1.59. The van der Waals surface area contributed by atoms with Gasteiger partial charge in [0.1, 0.15) is 0 Å². The van der Waals surface area contributed by atoms with Crippen LogP contribution in [0.3, 0.4) is 0 Å². The minimum absolute atomic E-state index is 0.0949. The third-order valence-electron chi connectivity index (χ3n) is 4.50. The molecule has 5 heteroatoms. The van der Waals surface area contributed by atoms with Crippen molar-refractivity contribution < 1.29 is 14.7 Å². The van der Waals surface area contributed by atoms with Gasteiger partial charge in [0.05, 0.1) is 17.4 Å². The van der Waals surface area contributed by atoms with E-state index in [0.29, 0.717) is 0 Å². The summed E-state index contributed by atoms with van der Waals surface area (Å²) in [5, 5.41) is 9.77. The number of carbonyl (C=O) groups excluding carboxylic acids is 2. The smallest absolute Gasteiger partial charge is 0.225 e. The minimum Gasteiger partial charge on any atom is -0.392 e. The van der Waals surface area contributed by atoms with Crippen molar-refractivity contribution >= 4 is 11.8 Å². The van der Waals surface area contributed by atoms with E-state index in [9.17, 15) is 14.7 Å². The van der Waals surface area contributed by atoms with E-state index in [0.717, 1.165) is 6.42 Å². The van der Waals surface area contributed by atoms with Crippen LogP contribution in [0.15, 0.2) is 0 Å². The maximum Gasteiger partial charge on any atom is 0.225 e. The van der Waals surface area contributed by atoms with Gasteiger partial charge in [-0.15, -0.1) is 0 Å². The Bertz CT molecular complexity index is 354. The van der Waals surface area contributed by atoms with Crippen molar-refractivity contribution in [1.29, 1.82) is 0 Å². The first-order valence-corrected chi connectivity index (χ1v) is 4.80. The Hall–Kier alpha value is -1.10. The molecule has 0 radical (unpaired) electrons. The molecule has 4 aliphatic carbocycles. The summed E-state index contributed by atoms with van der Waals surface area (Å²) >= 11 is 0. The lowest BCUT2D eigenvalue weighted by Gasteiger charge is -2.17. The van der Waals surface area contributed by atoms with Crippen molar-refractivity contribution in [2.75, 3.05) is 0 Å². The lowest BCUT2D eigenvalue weighted by Crippen LogP contribution is -2.39. The molecule has 2 amide bonds. The highest BCUT2D eigenvalue weighted by molar-refractivity contribution is 5.95. The van der Waals surface area contributed by atoms with Crippen molar-refractivity contribution in [3.63, 3.8) is 0 Å². The van der Waals surface area contributed by atoms with Crippen LogP contribution in [-0.2, 0) is 9.59 Å². The van der Waals surface area contributed by atoms with E-state index in [-0.39, 0.29) is 17.8 Å². The van der Waals surface area contributed by atoms with Crippen LogP contribution in [-0.4, -0.2) is 23.0 Å². The molecule has 76 valence electrons. The molecule has 6 atom stereocenters. The summed E-state index contributed by atoms with van der Waals surface area (Å²) < 4.78 is 0. The third kappa shape index (κ3) is 0.530. The van der Waals surface area contributed by atoms with Gasteiger partial charge in [0, 0.05) is 5.92 Å². The first kappa shape index (κ1) is 8.23. The van der Waals surface area contributed by atoms with Crippen LogP contribution in [0.2, 0.25) is 0 Å². The van der Waals surface area contributed by atoms with Gasteiger partial charge >= 0.3 is 0 Å². The van der Waals surface area contributed by atoms with E-state index in [1.807, 2.05) is 0 Å². The first-order chi connectivity index (χ1) is 6.52. The third-order valence-corrected chi connectivity index (χ3v) is 4.50. The fourth-order valence-electron chi connectivity index (χ4n) is 4.15. The molecular weight excluding hydrogens is 184 g/mol. The molecule has 0 heterocycles. The van der Waals surface area contributed by atoms with Crippen molar-refractivity contribution in [3.8, 4) is 0 Å². The highest BCUT2D eigenvalue weighted by Crippen LogP contribution is 2.81. The number of aliphatic hydroxyl groups is 1. The second-order valence-electron chi connectivity index (χ2n) is 4.70. The number of aliphatic hydroxyl groups excluding tert-OH is 1. The molecule has 4 saturated carbocycles. The highest BCUT2D eigenvalue weighted by atomic mass is 16.3. The summed E-state index contributed by atoms with van der Waals surface area (Å²) in [6, 6.07) is 0. The zero-order chi connectivity index (χ0) is 10.2. The first-order valence-electron chi connectivity index (χ1n) is 4.80. The topological polar surface area (TPSA) is 106 Å². The molecule has 0 aromatic heterocycles. The number of carbonyl (C=O) groups is 2. The molecule has 0 unspecified atom stereocenters. The maximum absolute atomic E-state index is 11.4. The van der Waals surface area contributed by atoms with Gasteiger partial charge in [-0.2, -0.15) is 0 Å². The molecule has 0 aromatic carbocycles. The van der Waals surface area contributed by atoms with Crippen molar-refractivity contribution in [2.24, 2.45) is 40.6 Å². The van der Waals surface area contributed by atoms with Gasteiger partial charge in [-0.05, 0) is 18.3 Å². The summed E-state index contributed by atoms with van der Waals surface area (Å²) in [6.45, 7) is 0. The summed E-state index contributed by atoms with van der Waals surface area (Å²) in [5.41, 5.74) is 9.80. The Labute approximate surface area is 80.4 Å². The second-order valence-corrected chi connectivity index (χ2v) is 4.70. The fraction of sp³-hybridized carbons (Fsp3) is 0.778. The van der Waals surface area contributed by atoms with Gasteiger partial charge in [-0.3, -0.25) is 9.59 Å². The zero-order valence-corrected chi connectivity index (χ0v) is 7.51. The highest BCUT2D eigenvalue weighted by Gasteiger charge is 2.87. The van der Waals surface area contributed by atoms with Gasteiger partial charge in [-0.1, -0.05) is 0 Å². The standard InChI is InChI=1S/C9H12N2O3/c10-7(13)4-2-1-3-5(6(2)12)9(3,4)8(11)14/h2-6,12H,1H2,(H2,10,13)(H2,11,14)/t2-,3-,4+,5+,6-,9+/m1/s1. The van der Waals surface area contributed by atoms with E-state index in [1.165, 1.54) is 0 Å². The van der Waals surface area contributed by atoms with Gasteiger partial charge in [0.2, 0.25) is 11.8 Å². The number of rotatable bonds is 2. The molecule has 5 nitrogen and oxygen atoms in total. The lowest BCUT2D eigenvalue weighted by atomic mass is 9.88. The van der Waals surface area contributed by atoms with E-state index >= 15 is 0 Å². The molecule has 0 spiro atoms. The lowest BCUT2D eigenvalue weighted by molar-refractivity contribution is -0.132. The molecule has 0 aromatic rings. The number of primary amides is 2. The predicted molar refractivity (Wildman–Crippen MR) is 45.4 cm³/mol. The Balaban J connectivity index is 2.09. The zero-order valence-electron chi connectivity index (χ0n) is 7.51. The predicted octanol–water partition coefficient (Wildman–Crippen LogP) is -1.80. The summed E-state index contributed by atoms with van der Waals surface area (Å²) in [4.78, 5) is 22.6. The number of nitrogens with two attached hydrogens (primary N) is 2. The number of hydrogen-bond acceptors (Lipinski definition) is 3. The van der Waals surface area contributed by atoms with Crippen LogP contribution >= 0.6 is 0 Å². The van der Waals surface area contributed by atoms with Crippen molar-refractivity contribution in [2.45, 2.75) is 12.5 Å². The van der Waals surface area contributed by atoms with Crippen LogP contribution in [0, 0.1) is 29.1 Å². The van der Waals surface area contributed by atoms with Gasteiger partial charge in [-0.25, -0.2) is 0 Å². The SMILES string of the molecule is NC(=O)[C@@H]1[C@H]2C[C@@H]3[C@@H]([C@@H]2O)[C@]31C(N)=O. The van der Waals surface area contributed by atoms with Gasteiger partial charge in [0.15, 0.2) is 0 Å². The van der Waals surface area contributed by atoms with Crippen LogP contribution in [0.5, 0.6) is 0 Å². The average molecular weight is 196 g/mol. The van der Waals surface area contributed by atoms with Crippen LogP contribution in [0.4, 0.5) is 0 Å². The van der Waals surface area contributed by atoms with E-state index < -0.39 is 29.3 Å².